The van der Waals surface area contributed by atoms with Crippen molar-refractivity contribution in [3.63, 3.8) is 0 Å². The number of unbranched alkanes of at least 4 members (excludes halogenated alkanes) is 2. The summed E-state index contributed by atoms with van der Waals surface area (Å²) in [6, 6.07) is 0. The Kier molecular flexibility index (Phi) is 7.48. The van der Waals surface area contributed by atoms with Crippen LogP contribution in [0.5, 0.6) is 0 Å². The Morgan fingerprint density at radius 1 is 1.23 bits per heavy atom. The molecule has 0 aromatic rings. The van der Waals surface area contributed by atoms with Crippen molar-refractivity contribution < 1.29 is 14.7 Å². The van der Waals surface area contributed by atoms with Crippen molar-refractivity contribution in [3.8, 4) is 0 Å². The fraction of sp³-hybridized carbons (Fsp3) is 0.750. The van der Waals surface area contributed by atoms with Crippen LogP contribution >= 0.6 is 12.6 Å². The molecule has 0 unspecified atom stereocenters. The second-order valence-electron chi connectivity index (χ2n) is 2.71. The predicted octanol–water partition coefficient (Wildman–Crippen LogP) is 0.677. The Labute approximate surface area is 83.1 Å². The van der Waals surface area contributed by atoms with E-state index in [0.29, 0.717) is 13.0 Å². The highest BCUT2D eigenvalue weighted by molar-refractivity contribution is 7.81. The van der Waals surface area contributed by atoms with Gasteiger partial charge in [-0.15, -0.1) is 0 Å². The molecular weight excluding hydrogens is 190 g/mol. The standard InChI is InChI=1S/C8H15NO3S/c10-7(6-13)9-5-3-1-2-4-8(11)12/h13H,1-6H2,(H,9,10)(H,11,12). The molecule has 0 aromatic carbocycles. The molecule has 0 fully saturated rings. The minimum absolute atomic E-state index is 0.0819. The zero-order chi connectivity index (χ0) is 10.1. The van der Waals surface area contributed by atoms with Crippen molar-refractivity contribution in [2.45, 2.75) is 25.7 Å². The van der Waals surface area contributed by atoms with Gasteiger partial charge in [0, 0.05) is 13.0 Å². The summed E-state index contributed by atoms with van der Waals surface area (Å²) in [6.07, 6.45) is 2.54. The smallest absolute Gasteiger partial charge is 0.303 e. The fourth-order valence-electron chi connectivity index (χ4n) is 0.862. The summed E-state index contributed by atoms with van der Waals surface area (Å²) in [5.41, 5.74) is 0. The molecule has 4 nitrogen and oxygen atoms in total. The molecule has 0 atom stereocenters. The first-order valence-electron chi connectivity index (χ1n) is 4.26. The highest BCUT2D eigenvalue weighted by Gasteiger charge is 1.97. The summed E-state index contributed by atoms with van der Waals surface area (Å²) in [4.78, 5) is 20.8. The van der Waals surface area contributed by atoms with Crippen molar-refractivity contribution in [2.75, 3.05) is 12.3 Å². The summed E-state index contributed by atoms with van der Waals surface area (Å²) in [7, 11) is 0. The van der Waals surface area contributed by atoms with Crippen LogP contribution in [0.3, 0.4) is 0 Å². The van der Waals surface area contributed by atoms with Crippen LogP contribution in [0.25, 0.3) is 0 Å². The fourth-order valence-corrected chi connectivity index (χ4v) is 0.974. The van der Waals surface area contributed by atoms with Gasteiger partial charge in [-0.05, 0) is 12.8 Å². The summed E-state index contributed by atoms with van der Waals surface area (Å²) in [6.45, 7) is 0.610. The van der Waals surface area contributed by atoms with E-state index in [2.05, 4.69) is 17.9 Å². The summed E-state index contributed by atoms with van der Waals surface area (Å²) in [5.74, 6) is -0.643. The maximum absolute atomic E-state index is 10.7. The number of hydrogen-bond donors (Lipinski definition) is 3. The molecule has 0 aliphatic carbocycles. The molecule has 1 amide bonds. The number of amides is 1. The van der Waals surface area contributed by atoms with Crippen LogP contribution in [0.4, 0.5) is 0 Å². The van der Waals surface area contributed by atoms with E-state index in [4.69, 9.17) is 5.11 Å². The number of carboxylic acid groups (broad SMARTS) is 1. The first-order valence-corrected chi connectivity index (χ1v) is 4.89. The van der Waals surface area contributed by atoms with Gasteiger partial charge < -0.3 is 10.4 Å². The lowest BCUT2D eigenvalue weighted by molar-refractivity contribution is -0.137. The first-order chi connectivity index (χ1) is 6.16. The molecule has 0 aliphatic rings. The lowest BCUT2D eigenvalue weighted by atomic mass is 10.2. The van der Waals surface area contributed by atoms with Crippen LogP contribution in [-0.4, -0.2) is 29.3 Å². The topological polar surface area (TPSA) is 66.4 Å². The molecule has 0 rings (SSSR count). The van der Waals surface area contributed by atoms with Crippen molar-refractivity contribution in [1.82, 2.24) is 5.32 Å². The summed E-state index contributed by atoms with van der Waals surface area (Å²) < 4.78 is 0. The molecular formula is C8H15NO3S. The Morgan fingerprint density at radius 2 is 1.92 bits per heavy atom. The lowest BCUT2D eigenvalue weighted by Gasteiger charge is -2.01. The van der Waals surface area contributed by atoms with E-state index in [1.165, 1.54) is 0 Å². The third-order valence-corrected chi connectivity index (χ3v) is 1.82. The first kappa shape index (κ1) is 12.3. The third kappa shape index (κ3) is 9.20. The quantitative estimate of drug-likeness (QED) is 0.423. The van der Waals surface area contributed by atoms with Gasteiger partial charge in [0.25, 0.3) is 0 Å². The Hall–Kier alpha value is -0.710. The lowest BCUT2D eigenvalue weighted by Crippen LogP contribution is -2.25. The van der Waals surface area contributed by atoms with Gasteiger partial charge in [0.15, 0.2) is 0 Å². The molecule has 5 heteroatoms. The number of rotatable bonds is 7. The Morgan fingerprint density at radius 3 is 2.46 bits per heavy atom. The number of carbonyl (C=O) groups excluding carboxylic acids is 1. The minimum Gasteiger partial charge on any atom is -0.481 e. The van der Waals surface area contributed by atoms with E-state index in [0.717, 1.165) is 12.8 Å². The van der Waals surface area contributed by atoms with E-state index in [1.807, 2.05) is 0 Å². The maximum atomic E-state index is 10.7. The van der Waals surface area contributed by atoms with Gasteiger partial charge >= 0.3 is 5.97 Å². The van der Waals surface area contributed by atoms with E-state index in [-0.39, 0.29) is 18.1 Å². The Balaban J connectivity index is 3.08. The van der Waals surface area contributed by atoms with Gasteiger partial charge in [0.05, 0.1) is 5.75 Å². The molecule has 0 saturated carbocycles. The van der Waals surface area contributed by atoms with Crippen LogP contribution in [-0.2, 0) is 9.59 Å². The highest BCUT2D eigenvalue weighted by atomic mass is 32.1. The number of carboxylic acids is 1. The number of hydrogen-bond acceptors (Lipinski definition) is 3. The van der Waals surface area contributed by atoms with Crippen LogP contribution in [0, 0.1) is 0 Å². The zero-order valence-electron chi connectivity index (χ0n) is 7.45. The van der Waals surface area contributed by atoms with Crippen molar-refractivity contribution in [3.05, 3.63) is 0 Å². The molecule has 0 radical (unpaired) electrons. The maximum Gasteiger partial charge on any atom is 0.303 e. The Bertz CT molecular complexity index is 173. The van der Waals surface area contributed by atoms with Gasteiger partial charge in [0.2, 0.25) is 5.91 Å². The van der Waals surface area contributed by atoms with E-state index in [1.54, 1.807) is 0 Å². The van der Waals surface area contributed by atoms with Gasteiger partial charge in [-0.3, -0.25) is 9.59 Å². The average Bonchev–Trinajstić information content (AvgIpc) is 2.10. The number of thiol groups is 1. The number of aliphatic carboxylic acids is 1. The van der Waals surface area contributed by atoms with Crippen molar-refractivity contribution in [2.24, 2.45) is 0 Å². The second kappa shape index (κ2) is 7.91. The van der Waals surface area contributed by atoms with E-state index < -0.39 is 5.97 Å². The van der Waals surface area contributed by atoms with Gasteiger partial charge in [0.1, 0.15) is 0 Å². The average molecular weight is 205 g/mol. The van der Waals surface area contributed by atoms with Gasteiger partial charge in [-0.2, -0.15) is 12.6 Å². The van der Waals surface area contributed by atoms with E-state index >= 15 is 0 Å². The van der Waals surface area contributed by atoms with Gasteiger partial charge in [-0.1, -0.05) is 6.42 Å². The molecule has 0 heterocycles. The number of nitrogens with one attached hydrogen (secondary N) is 1. The molecule has 76 valence electrons. The molecule has 0 saturated heterocycles. The van der Waals surface area contributed by atoms with Crippen LogP contribution in [0.15, 0.2) is 0 Å². The largest absolute Gasteiger partial charge is 0.481 e. The van der Waals surface area contributed by atoms with Crippen LogP contribution in [0.1, 0.15) is 25.7 Å². The third-order valence-electron chi connectivity index (χ3n) is 1.53. The predicted molar refractivity (Wildman–Crippen MR) is 53.0 cm³/mol. The number of carbonyl (C=O) groups is 2. The summed E-state index contributed by atoms with van der Waals surface area (Å²) >= 11 is 3.80. The molecule has 13 heavy (non-hydrogen) atoms. The highest BCUT2D eigenvalue weighted by Crippen LogP contribution is 1.98. The summed E-state index contributed by atoms with van der Waals surface area (Å²) in [5, 5.41) is 11.0. The monoisotopic (exact) mass is 205 g/mol. The zero-order valence-corrected chi connectivity index (χ0v) is 8.35. The molecule has 0 aromatic heterocycles. The van der Waals surface area contributed by atoms with Crippen molar-refractivity contribution in [1.29, 1.82) is 0 Å². The van der Waals surface area contributed by atoms with Crippen molar-refractivity contribution >= 4 is 24.5 Å². The molecule has 0 bridgehead atoms. The molecule has 2 N–H and O–H groups in total. The van der Waals surface area contributed by atoms with Gasteiger partial charge in [-0.25, -0.2) is 0 Å². The molecule has 0 aliphatic heterocycles. The van der Waals surface area contributed by atoms with Crippen LogP contribution < -0.4 is 5.32 Å². The minimum atomic E-state index is -0.764. The van der Waals surface area contributed by atoms with E-state index in [9.17, 15) is 9.59 Å². The molecule has 0 spiro atoms. The normalized spacial score (nSPS) is 9.62. The SMILES string of the molecule is O=C(O)CCCCCNC(=O)CS. The van der Waals surface area contributed by atoms with Crippen LogP contribution in [0.2, 0.25) is 0 Å². The second-order valence-corrected chi connectivity index (χ2v) is 3.03.